The minimum atomic E-state index is -0.387. The van der Waals surface area contributed by atoms with E-state index in [1.807, 2.05) is 49.3 Å². The Hall–Kier alpha value is -2.10. The number of ether oxygens (including phenoxy) is 1. The van der Waals surface area contributed by atoms with Crippen molar-refractivity contribution in [3.05, 3.63) is 47.3 Å². The molecule has 0 unspecified atom stereocenters. The Labute approximate surface area is 119 Å². The van der Waals surface area contributed by atoms with Gasteiger partial charge in [-0.2, -0.15) is 0 Å². The molecule has 0 fully saturated rings. The summed E-state index contributed by atoms with van der Waals surface area (Å²) in [5, 5.41) is 0. The molecule has 0 N–H and O–H groups in total. The molecule has 0 atom stereocenters. The molecule has 4 nitrogen and oxygen atoms in total. The Morgan fingerprint density at radius 3 is 2.25 bits per heavy atom. The Morgan fingerprint density at radius 2 is 1.75 bits per heavy atom. The number of hydrogen-bond acceptors (Lipinski definition) is 4. The van der Waals surface area contributed by atoms with Gasteiger partial charge in [-0.1, -0.05) is 39.0 Å². The zero-order valence-corrected chi connectivity index (χ0v) is 12.6. The molecular formula is C16H20N2O2. The average Bonchev–Trinajstić information content (AvgIpc) is 2.70. The van der Waals surface area contributed by atoms with Gasteiger partial charge in [-0.05, 0) is 12.1 Å². The molecule has 0 saturated heterocycles. The van der Waals surface area contributed by atoms with Crippen LogP contribution in [0.5, 0.6) is 0 Å². The maximum Gasteiger partial charge on any atom is 0.365 e. The molecule has 1 aromatic carbocycles. The Morgan fingerprint density at radius 1 is 1.15 bits per heavy atom. The third-order valence-electron chi connectivity index (χ3n) is 3.00. The Balaban J connectivity index is 2.52. The molecule has 1 aromatic rings. The molecule has 0 amide bonds. The van der Waals surface area contributed by atoms with Crippen LogP contribution in [0.1, 0.15) is 26.3 Å². The summed E-state index contributed by atoms with van der Waals surface area (Å²) in [6.45, 7) is 6.16. The molecule has 4 heteroatoms. The van der Waals surface area contributed by atoms with E-state index in [4.69, 9.17) is 4.74 Å². The molecule has 0 radical (unpaired) electrons. The van der Waals surface area contributed by atoms with Crippen LogP contribution in [0.4, 0.5) is 0 Å². The Bertz CT molecular complexity index is 578. The van der Waals surface area contributed by atoms with Gasteiger partial charge in [0.05, 0.1) is 5.70 Å². The van der Waals surface area contributed by atoms with E-state index in [0.717, 1.165) is 11.3 Å². The van der Waals surface area contributed by atoms with Gasteiger partial charge in [-0.3, -0.25) is 0 Å². The molecule has 0 bridgehead atoms. The molecule has 106 valence electrons. The molecular weight excluding hydrogens is 252 g/mol. The number of nitrogens with zero attached hydrogens (tertiary/aromatic N) is 2. The van der Waals surface area contributed by atoms with Crippen LogP contribution in [0.2, 0.25) is 0 Å². The van der Waals surface area contributed by atoms with E-state index in [1.165, 1.54) is 0 Å². The van der Waals surface area contributed by atoms with Crippen molar-refractivity contribution in [1.82, 2.24) is 4.90 Å². The van der Waals surface area contributed by atoms with E-state index in [0.29, 0.717) is 11.6 Å². The molecule has 1 aliphatic rings. The van der Waals surface area contributed by atoms with Crippen molar-refractivity contribution in [2.75, 3.05) is 14.1 Å². The van der Waals surface area contributed by atoms with Gasteiger partial charge in [0.1, 0.15) is 0 Å². The maximum atomic E-state index is 12.1. The highest BCUT2D eigenvalue weighted by Gasteiger charge is 2.33. The number of cyclic esters (lactones) is 1. The predicted molar refractivity (Wildman–Crippen MR) is 79.2 cm³/mol. The first-order valence-corrected chi connectivity index (χ1v) is 6.59. The van der Waals surface area contributed by atoms with E-state index in [-0.39, 0.29) is 11.4 Å². The number of hydrogen-bond donors (Lipinski definition) is 0. The normalized spacial score (nSPS) is 17.6. The smallest absolute Gasteiger partial charge is 0.365 e. The first kappa shape index (κ1) is 14.3. The lowest BCUT2D eigenvalue weighted by molar-refractivity contribution is -0.130. The van der Waals surface area contributed by atoms with Crippen LogP contribution < -0.4 is 0 Å². The maximum absolute atomic E-state index is 12.1. The standard InChI is InChI=1S/C16H20N2O2/c1-16(2,3)13(18(4)5)12-15(19)20-14(17-12)11-9-7-6-8-10-11/h6-10H,1-5H3/b13-12-. The van der Waals surface area contributed by atoms with Gasteiger partial charge in [0, 0.05) is 25.1 Å². The fourth-order valence-corrected chi connectivity index (χ4v) is 2.40. The number of carbonyl (C=O) groups is 1. The molecule has 0 aromatic heterocycles. The van der Waals surface area contributed by atoms with Gasteiger partial charge in [0.25, 0.3) is 0 Å². The Kier molecular flexibility index (Phi) is 3.66. The van der Waals surface area contributed by atoms with Crippen molar-refractivity contribution < 1.29 is 9.53 Å². The van der Waals surface area contributed by atoms with E-state index in [1.54, 1.807) is 0 Å². The third kappa shape index (κ3) is 2.74. The highest BCUT2D eigenvalue weighted by Crippen LogP contribution is 2.32. The number of esters is 1. The summed E-state index contributed by atoms with van der Waals surface area (Å²) in [5.41, 5.74) is 1.88. The van der Waals surface area contributed by atoms with E-state index in [2.05, 4.69) is 25.8 Å². The molecule has 0 aliphatic carbocycles. The summed E-state index contributed by atoms with van der Waals surface area (Å²) in [6.07, 6.45) is 0. The van der Waals surface area contributed by atoms with Gasteiger partial charge >= 0.3 is 5.97 Å². The minimum absolute atomic E-state index is 0.187. The van der Waals surface area contributed by atoms with Crippen LogP contribution in [0.15, 0.2) is 46.7 Å². The van der Waals surface area contributed by atoms with Crippen LogP contribution in [0, 0.1) is 5.41 Å². The molecule has 20 heavy (non-hydrogen) atoms. The van der Waals surface area contributed by atoms with Crippen molar-refractivity contribution in [3.8, 4) is 0 Å². The lowest BCUT2D eigenvalue weighted by Gasteiger charge is -2.29. The summed E-state index contributed by atoms with van der Waals surface area (Å²) in [6, 6.07) is 9.45. The molecule has 0 saturated carbocycles. The summed E-state index contributed by atoms with van der Waals surface area (Å²) in [4.78, 5) is 18.5. The number of aliphatic imine (C=N–C) groups is 1. The third-order valence-corrected chi connectivity index (χ3v) is 3.00. The van der Waals surface area contributed by atoms with Crippen molar-refractivity contribution in [3.63, 3.8) is 0 Å². The highest BCUT2D eigenvalue weighted by atomic mass is 16.6. The summed E-state index contributed by atoms with van der Waals surface area (Å²) in [7, 11) is 3.83. The minimum Gasteiger partial charge on any atom is -0.402 e. The van der Waals surface area contributed by atoms with Crippen LogP contribution >= 0.6 is 0 Å². The number of carbonyl (C=O) groups excluding carboxylic acids is 1. The van der Waals surface area contributed by atoms with Crippen molar-refractivity contribution in [2.45, 2.75) is 20.8 Å². The van der Waals surface area contributed by atoms with Crippen molar-refractivity contribution >= 4 is 11.9 Å². The van der Waals surface area contributed by atoms with E-state index < -0.39 is 0 Å². The van der Waals surface area contributed by atoms with Crippen molar-refractivity contribution in [1.29, 1.82) is 0 Å². The summed E-state index contributed by atoms with van der Waals surface area (Å²) < 4.78 is 5.31. The van der Waals surface area contributed by atoms with Crippen LogP contribution in [0.25, 0.3) is 0 Å². The zero-order chi connectivity index (χ0) is 14.9. The fourth-order valence-electron chi connectivity index (χ4n) is 2.40. The molecule has 1 heterocycles. The van der Waals surface area contributed by atoms with E-state index in [9.17, 15) is 4.79 Å². The summed E-state index contributed by atoms with van der Waals surface area (Å²) in [5.74, 6) is -0.0170. The molecule has 2 rings (SSSR count). The predicted octanol–water partition coefficient (Wildman–Crippen LogP) is 2.81. The highest BCUT2D eigenvalue weighted by molar-refractivity contribution is 6.11. The molecule has 0 spiro atoms. The second kappa shape index (κ2) is 5.12. The van der Waals surface area contributed by atoms with Crippen molar-refractivity contribution in [2.24, 2.45) is 10.4 Å². The fraction of sp³-hybridized carbons (Fsp3) is 0.375. The van der Waals surface area contributed by atoms with Gasteiger partial charge in [-0.15, -0.1) is 0 Å². The number of allylic oxidation sites excluding steroid dienone is 1. The topological polar surface area (TPSA) is 41.9 Å². The SMILES string of the molecule is CN(C)/C(=C1\N=C(c2ccccc2)OC1=O)C(C)(C)C. The van der Waals surface area contributed by atoms with Crippen LogP contribution in [-0.4, -0.2) is 30.9 Å². The van der Waals surface area contributed by atoms with Crippen LogP contribution in [0.3, 0.4) is 0 Å². The van der Waals surface area contributed by atoms with Gasteiger partial charge < -0.3 is 9.64 Å². The van der Waals surface area contributed by atoms with Gasteiger partial charge in [0.2, 0.25) is 5.90 Å². The van der Waals surface area contributed by atoms with E-state index >= 15 is 0 Å². The monoisotopic (exact) mass is 272 g/mol. The first-order valence-electron chi connectivity index (χ1n) is 6.59. The van der Waals surface area contributed by atoms with Crippen LogP contribution in [-0.2, 0) is 9.53 Å². The van der Waals surface area contributed by atoms with Gasteiger partial charge in [-0.25, -0.2) is 9.79 Å². The lowest BCUT2D eigenvalue weighted by Crippen LogP contribution is -2.26. The number of benzene rings is 1. The average molecular weight is 272 g/mol. The largest absolute Gasteiger partial charge is 0.402 e. The number of rotatable bonds is 2. The summed E-state index contributed by atoms with van der Waals surface area (Å²) >= 11 is 0. The molecule has 1 aliphatic heterocycles. The first-order chi connectivity index (χ1) is 9.30. The van der Waals surface area contributed by atoms with Gasteiger partial charge in [0.15, 0.2) is 5.70 Å². The second-order valence-electron chi connectivity index (χ2n) is 6.01. The zero-order valence-electron chi connectivity index (χ0n) is 12.6. The quantitative estimate of drug-likeness (QED) is 0.614. The lowest BCUT2D eigenvalue weighted by atomic mass is 9.90. The second-order valence-corrected chi connectivity index (χ2v) is 6.01.